The van der Waals surface area contributed by atoms with E-state index in [0.29, 0.717) is 35.6 Å². The summed E-state index contributed by atoms with van der Waals surface area (Å²) in [7, 11) is 0. The normalized spacial score (nSPS) is 16.4. The SMILES string of the molecule is C[C@@H](/C=C/CC(=O)N(CCO)Cc1ccccc1)[C@]1(O)C(=O)N(Cc2ccccc2)c2ccc(N(C=O)c3ccccc3)cc21. The topological polar surface area (TPSA) is 101 Å². The van der Waals surface area contributed by atoms with Crippen LogP contribution in [0, 0.1) is 5.92 Å². The molecule has 8 nitrogen and oxygen atoms in total. The molecule has 0 saturated heterocycles. The molecule has 0 unspecified atom stereocenters. The Morgan fingerprint density at radius 3 is 2.13 bits per heavy atom. The van der Waals surface area contributed by atoms with E-state index >= 15 is 0 Å². The number of anilines is 3. The van der Waals surface area contributed by atoms with Gasteiger partial charge in [-0.15, -0.1) is 0 Å². The lowest BCUT2D eigenvalue weighted by molar-refractivity contribution is -0.139. The molecule has 4 aromatic rings. The van der Waals surface area contributed by atoms with Gasteiger partial charge in [0.2, 0.25) is 12.3 Å². The van der Waals surface area contributed by atoms with E-state index in [2.05, 4.69) is 0 Å². The molecule has 0 bridgehead atoms. The number of nitrogens with zero attached hydrogens (tertiary/aromatic N) is 3. The number of carbonyl (C=O) groups excluding carboxylic acids is 3. The molecule has 0 saturated carbocycles. The summed E-state index contributed by atoms with van der Waals surface area (Å²) in [4.78, 5) is 44.0. The maximum absolute atomic E-state index is 14.1. The zero-order chi connectivity index (χ0) is 31.8. The van der Waals surface area contributed by atoms with Gasteiger partial charge >= 0.3 is 0 Å². The molecule has 230 valence electrons. The number of aliphatic hydroxyl groups is 2. The van der Waals surface area contributed by atoms with E-state index in [0.717, 1.165) is 11.1 Å². The lowest BCUT2D eigenvalue weighted by atomic mass is 9.82. The maximum Gasteiger partial charge on any atom is 0.264 e. The van der Waals surface area contributed by atoms with Crippen molar-refractivity contribution in [1.82, 2.24) is 4.90 Å². The van der Waals surface area contributed by atoms with E-state index in [1.165, 1.54) is 4.90 Å². The zero-order valence-electron chi connectivity index (χ0n) is 25.2. The fourth-order valence-corrected chi connectivity index (χ4v) is 5.73. The Labute approximate surface area is 263 Å². The second-order valence-electron chi connectivity index (χ2n) is 11.1. The molecule has 5 rings (SSSR count). The summed E-state index contributed by atoms with van der Waals surface area (Å²) < 4.78 is 0. The lowest BCUT2D eigenvalue weighted by Crippen LogP contribution is -2.44. The van der Waals surface area contributed by atoms with Crippen molar-refractivity contribution in [3.05, 3.63) is 138 Å². The minimum atomic E-state index is -1.94. The largest absolute Gasteiger partial charge is 0.395 e. The van der Waals surface area contributed by atoms with Crippen molar-refractivity contribution in [3.8, 4) is 0 Å². The van der Waals surface area contributed by atoms with Crippen LogP contribution in [0.5, 0.6) is 0 Å². The van der Waals surface area contributed by atoms with Crippen LogP contribution in [0.15, 0.2) is 121 Å². The van der Waals surface area contributed by atoms with Gasteiger partial charge in [-0.05, 0) is 41.5 Å². The minimum absolute atomic E-state index is 0.0367. The third-order valence-electron chi connectivity index (χ3n) is 8.17. The number of amides is 3. The molecular weight excluding hydrogens is 566 g/mol. The van der Waals surface area contributed by atoms with Gasteiger partial charge in [0, 0.05) is 42.4 Å². The fourth-order valence-electron chi connectivity index (χ4n) is 5.73. The van der Waals surface area contributed by atoms with E-state index in [1.54, 1.807) is 59.2 Å². The van der Waals surface area contributed by atoms with Gasteiger partial charge in [-0.3, -0.25) is 19.3 Å². The zero-order valence-corrected chi connectivity index (χ0v) is 25.2. The third-order valence-corrected chi connectivity index (χ3v) is 8.17. The summed E-state index contributed by atoms with van der Waals surface area (Å²) in [6.07, 6.45) is 4.09. The molecule has 1 aliphatic rings. The van der Waals surface area contributed by atoms with E-state index in [4.69, 9.17) is 0 Å². The number of para-hydroxylation sites is 1. The van der Waals surface area contributed by atoms with Crippen LogP contribution in [-0.4, -0.2) is 46.5 Å². The smallest absolute Gasteiger partial charge is 0.264 e. The first-order valence-corrected chi connectivity index (χ1v) is 15.0. The Bertz CT molecular complexity index is 1640. The highest BCUT2D eigenvalue weighted by molar-refractivity contribution is 6.08. The van der Waals surface area contributed by atoms with Gasteiger partial charge < -0.3 is 20.0 Å². The number of fused-ring (bicyclic) bond motifs is 1. The standard InChI is InChI=1S/C37H37N3O5/c1-28(12-11-19-35(43)38(22-23-41)25-29-13-5-2-6-14-29)37(45)33-24-32(40(27-42)31-17-9-4-10-18-31)20-21-34(33)39(36(37)44)26-30-15-7-3-8-16-30/h2-18,20-21,24,27-28,41,45H,19,22-23,25-26H2,1H3/b12-11+/t28-,37+/m0/s1. The van der Waals surface area contributed by atoms with Gasteiger partial charge in [0.1, 0.15) is 0 Å². The van der Waals surface area contributed by atoms with Crippen LogP contribution in [0.1, 0.15) is 30.0 Å². The van der Waals surface area contributed by atoms with Crippen LogP contribution in [0.2, 0.25) is 0 Å². The van der Waals surface area contributed by atoms with Gasteiger partial charge in [0.05, 0.1) is 18.8 Å². The Balaban J connectivity index is 1.44. The molecule has 0 aromatic heterocycles. The van der Waals surface area contributed by atoms with Gasteiger partial charge in [0.15, 0.2) is 5.60 Å². The maximum atomic E-state index is 14.1. The van der Waals surface area contributed by atoms with Crippen molar-refractivity contribution in [3.63, 3.8) is 0 Å². The first kappa shape index (κ1) is 31.4. The van der Waals surface area contributed by atoms with E-state index in [1.807, 2.05) is 78.9 Å². The monoisotopic (exact) mass is 603 g/mol. The Kier molecular flexibility index (Phi) is 9.87. The first-order valence-electron chi connectivity index (χ1n) is 15.0. The van der Waals surface area contributed by atoms with Crippen LogP contribution in [0.3, 0.4) is 0 Å². The van der Waals surface area contributed by atoms with Gasteiger partial charge in [0.25, 0.3) is 5.91 Å². The molecule has 2 N–H and O–H groups in total. The van der Waals surface area contributed by atoms with E-state index < -0.39 is 17.4 Å². The average molecular weight is 604 g/mol. The fraction of sp³-hybridized carbons (Fsp3) is 0.216. The molecule has 0 radical (unpaired) electrons. The van der Waals surface area contributed by atoms with Crippen molar-refractivity contribution < 1.29 is 24.6 Å². The van der Waals surface area contributed by atoms with Crippen molar-refractivity contribution in [2.24, 2.45) is 5.92 Å². The number of aliphatic hydroxyl groups excluding tert-OH is 1. The molecular formula is C37H37N3O5. The van der Waals surface area contributed by atoms with Gasteiger partial charge in [-0.25, -0.2) is 0 Å². The molecule has 0 aliphatic carbocycles. The van der Waals surface area contributed by atoms with Crippen LogP contribution in [-0.2, 0) is 33.1 Å². The molecule has 1 heterocycles. The van der Waals surface area contributed by atoms with Crippen LogP contribution < -0.4 is 9.80 Å². The number of hydrogen-bond donors (Lipinski definition) is 2. The molecule has 3 amide bonds. The summed E-state index contributed by atoms with van der Waals surface area (Å²) in [5.74, 6) is -1.38. The molecule has 8 heteroatoms. The Hall–Kier alpha value is -5.05. The van der Waals surface area contributed by atoms with Crippen molar-refractivity contribution in [2.45, 2.75) is 32.0 Å². The third kappa shape index (κ3) is 6.72. The van der Waals surface area contributed by atoms with Gasteiger partial charge in [-0.1, -0.05) is 97.9 Å². The molecule has 0 fully saturated rings. The average Bonchev–Trinajstić information content (AvgIpc) is 3.28. The van der Waals surface area contributed by atoms with Gasteiger partial charge in [-0.2, -0.15) is 0 Å². The first-order chi connectivity index (χ1) is 21.9. The quantitative estimate of drug-likeness (QED) is 0.159. The summed E-state index contributed by atoms with van der Waals surface area (Å²) in [6, 6.07) is 33.4. The highest BCUT2D eigenvalue weighted by atomic mass is 16.3. The molecule has 4 aromatic carbocycles. The number of rotatable bonds is 13. The Morgan fingerprint density at radius 1 is 0.889 bits per heavy atom. The number of carbonyl (C=O) groups is 3. The number of hydrogen-bond acceptors (Lipinski definition) is 5. The van der Waals surface area contributed by atoms with Crippen molar-refractivity contribution in [2.75, 3.05) is 23.0 Å². The molecule has 45 heavy (non-hydrogen) atoms. The van der Waals surface area contributed by atoms with E-state index in [9.17, 15) is 24.6 Å². The minimum Gasteiger partial charge on any atom is -0.395 e. The predicted molar refractivity (Wildman–Crippen MR) is 174 cm³/mol. The summed E-state index contributed by atoms with van der Waals surface area (Å²) >= 11 is 0. The van der Waals surface area contributed by atoms with E-state index in [-0.39, 0.29) is 32.0 Å². The summed E-state index contributed by atoms with van der Waals surface area (Å²) in [5.41, 5.74) is 2.01. The second kappa shape index (κ2) is 14.2. The summed E-state index contributed by atoms with van der Waals surface area (Å²) in [5, 5.41) is 21.8. The highest BCUT2D eigenvalue weighted by Crippen LogP contribution is 2.47. The van der Waals surface area contributed by atoms with Crippen molar-refractivity contribution in [1.29, 1.82) is 0 Å². The number of benzene rings is 4. The highest BCUT2D eigenvalue weighted by Gasteiger charge is 2.52. The summed E-state index contributed by atoms with van der Waals surface area (Å²) in [6.45, 7) is 2.40. The molecule has 0 spiro atoms. The van der Waals surface area contributed by atoms with Crippen LogP contribution >= 0.6 is 0 Å². The van der Waals surface area contributed by atoms with Crippen molar-refractivity contribution >= 4 is 35.3 Å². The lowest BCUT2D eigenvalue weighted by Gasteiger charge is -2.28. The van der Waals surface area contributed by atoms with Crippen LogP contribution in [0.25, 0.3) is 0 Å². The van der Waals surface area contributed by atoms with Crippen LogP contribution in [0.4, 0.5) is 17.1 Å². The second-order valence-corrected chi connectivity index (χ2v) is 11.1. The molecule has 2 atom stereocenters. The Morgan fingerprint density at radius 2 is 1.51 bits per heavy atom. The predicted octanol–water partition coefficient (Wildman–Crippen LogP) is 5.32. The molecule has 1 aliphatic heterocycles.